The second-order valence-electron chi connectivity index (χ2n) is 4.89. The minimum atomic E-state index is -0.477. The Morgan fingerprint density at radius 2 is 2.06 bits per heavy atom. The van der Waals surface area contributed by atoms with Crippen LogP contribution < -0.4 is 0 Å². The fourth-order valence-corrected chi connectivity index (χ4v) is 3.38. The molecule has 2 unspecified atom stereocenters. The third kappa shape index (κ3) is 0.920. The molecule has 0 radical (unpaired) electrons. The molecule has 0 N–H and O–H groups in total. The van der Waals surface area contributed by atoms with E-state index in [2.05, 4.69) is 30.4 Å². The predicted octanol–water partition coefficient (Wildman–Crippen LogP) is 2.62. The number of nitrogens with zero attached hydrogens (tertiary/aromatic N) is 1. The summed E-state index contributed by atoms with van der Waals surface area (Å²) in [5, 5.41) is 0. The lowest BCUT2D eigenvalue weighted by Gasteiger charge is -2.32. The van der Waals surface area contributed by atoms with Crippen molar-refractivity contribution in [3.05, 3.63) is 76.3 Å². The molecule has 1 heterocycles. The standard InChI is InChI=1S/C15H12NO/c17-16-10-12-9-11-5-1-2-6-13(11)15(16)8-4-3-7-14(12)15/h1-9,13H,10H2/q+1. The first-order chi connectivity index (χ1) is 8.32. The minimum absolute atomic E-state index is 0.160. The van der Waals surface area contributed by atoms with Gasteiger partial charge in [0.15, 0.2) is 0 Å². The summed E-state index contributed by atoms with van der Waals surface area (Å²) in [7, 11) is 0. The van der Waals surface area contributed by atoms with E-state index < -0.39 is 5.54 Å². The summed E-state index contributed by atoms with van der Waals surface area (Å²) in [6, 6.07) is 0. The van der Waals surface area contributed by atoms with Crippen LogP contribution >= 0.6 is 0 Å². The van der Waals surface area contributed by atoms with Gasteiger partial charge in [0.05, 0.1) is 5.92 Å². The van der Waals surface area contributed by atoms with Crippen LogP contribution in [0.3, 0.4) is 0 Å². The molecule has 82 valence electrons. The highest BCUT2D eigenvalue weighted by Crippen LogP contribution is 2.49. The number of allylic oxidation sites excluding steroid dienone is 5. The van der Waals surface area contributed by atoms with E-state index in [0.29, 0.717) is 6.54 Å². The zero-order valence-electron chi connectivity index (χ0n) is 9.34. The average Bonchev–Trinajstić information content (AvgIpc) is 2.59. The van der Waals surface area contributed by atoms with Gasteiger partial charge in [-0.3, -0.25) is 0 Å². The van der Waals surface area contributed by atoms with E-state index in [1.165, 1.54) is 21.5 Å². The predicted molar refractivity (Wildman–Crippen MR) is 66.4 cm³/mol. The van der Waals surface area contributed by atoms with Crippen molar-refractivity contribution in [3.63, 3.8) is 0 Å². The van der Waals surface area contributed by atoms with E-state index in [-0.39, 0.29) is 5.92 Å². The largest absolute Gasteiger partial charge is 0.265 e. The summed E-state index contributed by atoms with van der Waals surface area (Å²) in [4.78, 5) is 12.4. The fraction of sp³-hybridized carbons (Fsp3) is 0.200. The lowest BCUT2D eigenvalue weighted by molar-refractivity contribution is -0.592. The Kier molecular flexibility index (Phi) is 1.52. The molecule has 0 aromatic rings. The third-order valence-electron chi connectivity index (χ3n) is 4.11. The topological polar surface area (TPSA) is 20.1 Å². The molecule has 0 amide bonds. The molecule has 2 heteroatoms. The van der Waals surface area contributed by atoms with Gasteiger partial charge in [-0.2, -0.15) is 0 Å². The molecule has 3 aliphatic carbocycles. The van der Waals surface area contributed by atoms with Crippen molar-refractivity contribution >= 4 is 0 Å². The lowest BCUT2D eigenvalue weighted by Crippen LogP contribution is -2.45. The van der Waals surface area contributed by atoms with Crippen LogP contribution in [0.25, 0.3) is 0 Å². The number of nitroso groups, excluding NO2 is 1. The van der Waals surface area contributed by atoms with Crippen molar-refractivity contribution in [2.75, 3.05) is 6.54 Å². The van der Waals surface area contributed by atoms with Gasteiger partial charge in [0.2, 0.25) is 6.54 Å². The molecule has 0 saturated carbocycles. The highest BCUT2D eigenvalue weighted by molar-refractivity contribution is 5.59. The van der Waals surface area contributed by atoms with E-state index in [9.17, 15) is 4.91 Å². The van der Waals surface area contributed by atoms with E-state index in [4.69, 9.17) is 0 Å². The van der Waals surface area contributed by atoms with E-state index >= 15 is 0 Å². The molecule has 17 heavy (non-hydrogen) atoms. The maximum Gasteiger partial charge on any atom is 0.265 e. The molecule has 4 rings (SSSR count). The van der Waals surface area contributed by atoms with Gasteiger partial charge in [0.1, 0.15) is 0 Å². The highest BCUT2D eigenvalue weighted by Gasteiger charge is 2.60. The van der Waals surface area contributed by atoms with Crippen LogP contribution in [0, 0.1) is 10.8 Å². The van der Waals surface area contributed by atoms with Crippen molar-refractivity contribution in [1.82, 2.24) is 0 Å². The number of rotatable bonds is 0. The van der Waals surface area contributed by atoms with Gasteiger partial charge in [-0.1, -0.05) is 42.5 Å². The van der Waals surface area contributed by atoms with Crippen molar-refractivity contribution < 1.29 is 4.76 Å². The van der Waals surface area contributed by atoms with Crippen LogP contribution in [-0.2, 0) is 0 Å². The second-order valence-corrected chi connectivity index (χ2v) is 4.89. The molecule has 2 bridgehead atoms. The maximum absolute atomic E-state index is 12.4. The summed E-state index contributed by atoms with van der Waals surface area (Å²) < 4.78 is 1.23. The molecule has 0 saturated heterocycles. The molecule has 0 aromatic heterocycles. The van der Waals surface area contributed by atoms with Crippen LogP contribution in [0.15, 0.2) is 71.4 Å². The van der Waals surface area contributed by atoms with Gasteiger partial charge in [0.25, 0.3) is 5.54 Å². The van der Waals surface area contributed by atoms with Gasteiger partial charge < -0.3 is 0 Å². The average molecular weight is 222 g/mol. The molecular formula is C15H12NO+. The Balaban J connectivity index is 2.05. The number of fused-ring (bicyclic) bond motifs is 1. The molecule has 2 nitrogen and oxygen atoms in total. The molecule has 1 aliphatic heterocycles. The van der Waals surface area contributed by atoms with Gasteiger partial charge in [-0.05, 0) is 17.7 Å². The molecule has 0 aromatic carbocycles. The van der Waals surface area contributed by atoms with Crippen LogP contribution in [0.4, 0.5) is 0 Å². The highest BCUT2D eigenvalue weighted by atomic mass is 16.3. The Labute approximate surface area is 99.6 Å². The summed E-state index contributed by atoms with van der Waals surface area (Å²) in [6.45, 7) is 0.506. The number of hydrogen-bond donors (Lipinski definition) is 0. The van der Waals surface area contributed by atoms with Gasteiger partial charge in [-0.15, -0.1) is 0 Å². The molecule has 0 spiro atoms. The van der Waals surface area contributed by atoms with Crippen LogP contribution in [-0.4, -0.2) is 16.8 Å². The SMILES string of the molecule is O=[N+]1CC2=C3C=CC=CC31C1C=CC=CC1=C2. The van der Waals surface area contributed by atoms with E-state index in [0.717, 1.165) is 0 Å². The first-order valence-corrected chi connectivity index (χ1v) is 5.93. The molecule has 0 fully saturated rings. The van der Waals surface area contributed by atoms with Crippen LogP contribution in [0.2, 0.25) is 0 Å². The first kappa shape index (κ1) is 9.11. The van der Waals surface area contributed by atoms with Crippen LogP contribution in [0.5, 0.6) is 0 Å². The smallest absolute Gasteiger partial charge is 0.0693 e. The third-order valence-corrected chi connectivity index (χ3v) is 4.11. The minimum Gasteiger partial charge on any atom is -0.0693 e. The Hall–Kier alpha value is -1.96. The zero-order valence-corrected chi connectivity index (χ0v) is 9.34. The van der Waals surface area contributed by atoms with Crippen molar-refractivity contribution in [3.8, 4) is 0 Å². The molecule has 4 aliphatic rings. The summed E-state index contributed by atoms with van der Waals surface area (Å²) in [5.74, 6) is 0.160. The first-order valence-electron chi connectivity index (χ1n) is 5.93. The lowest BCUT2D eigenvalue weighted by atomic mass is 9.68. The van der Waals surface area contributed by atoms with E-state index in [1.807, 2.05) is 24.3 Å². The normalized spacial score (nSPS) is 36.1. The second kappa shape index (κ2) is 2.83. The quantitative estimate of drug-likeness (QED) is 0.577. The zero-order chi connectivity index (χ0) is 11.5. The monoisotopic (exact) mass is 222 g/mol. The summed E-state index contributed by atoms with van der Waals surface area (Å²) in [5.41, 5.74) is 3.13. The van der Waals surface area contributed by atoms with Gasteiger partial charge in [-0.25, -0.2) is 0 Å². The van der Waals surface area contributed by atoms with Crippen molar-refractivity contribution in [1.29, 1.82) is 0 Å². The summed E-state index contributed by atoms with van der Waals surface area (Å²) >= 11 is 0. The van der Waals surface area contributed by atoms with Crippen molar-refractivity contribution in [2.24, 2.45) is 5.92 Å². The maximum atomic E-state index is 12.4. The van der Waals surface area contributed by atoms with Crippen LogP contribution in [0.1, 0.15) is 0 Å². The number of hydrogen-bond acceptors (Lipinski definition) is 1. The Morgan fingerprint density at radius 1 is 1.18 bits per heavy atom. The van der Waals surface area contributed by atoms with E-state index in [1.54, 1.807) is 0 Å². The fourth-order valence-electron chi connectivity index (χ4n) is 3.38. The van der Waals surface area contributed by atoms with Crippen molar-refractivity contribution in [2.45, 2.75) is 5.54 Å². The summed E-state index contributed by atoms with van der Waals surface area (Å²) in [6.07, 6.45) is 18.7. The molecule has 2 atom stereocenters. The van der Waals surface area contributed by atoms with Gasteiger partial charge >= 0.3 is 0 Å². The Morgan fingerprint density at radius 3 is 3.00 bits per heavy atom. The van der Waals surface area contributed by atoms with Gasteiger partial charge in [0, 0.05) is 20.8 Å². The Bertz CT molecular complexity index is 613. The molecular weight excluding hydrogens is 210 g/mol.